The first kappa shape index (κ1) is 32.9. The highest BCUT2D eigenvalue weighted by molar-refractivity contribution is 5.69. The SMILES string of the molecule is CC(C)C(=O)O.CC(C)C(=O)O.CC(C)C(=O)O.CCC(CO)(CO)CO. The van der Waals surface area contributed by atoms with Crippen molar-refractivity contribution >= 4 is 17.9 Å². The Morgan fingerprint density at radius 1 is 0.630 bits per heavy atom. The van der Waals surface area contributed by atoms with E-state index in [1.165, 1.54) is 0 Å². The summed E-state index contributed by atoms with van der Waals surface area (Å²) >= 11 is 0. The van der Waals surface area contributed by atoms with Crippen LogP contribution in [-0.4, -0.2) is 68.4 Å². The van der Waals surface area contributed by atoms with Crippen LogP contribution >= 0.6 is 0 Å². The molecular formula is C18H38O9. The Hall–Kier alpha value is -1.71. The molecule has 0 aliphatic heterocycles. The van der Waals surface area contributed by atoms with Gasteiger partial charge in [0.15, 0.2) is 0 Å². The summed E-state index contributed by atoms with van der Waals surface area (Å²) in [6.07, 6.45) is 0.594. The van der Waals surface area contributed by atoms with Gasteiger partial charge in [-0.1, -0.05) is 48.5 Å². The first-order valence-electron chi connectivity index (χ1n) is 8.68. The lowest BCUT2D eigenvalue weighted by Gasteiger charge is -2.24. The predicted octanol–water partition coefficient (Wildman–Crippen LogP) is 1.54. The quantitative estimate of drug-likeness (QED) is 0.372. The van der Waals surface area contributed by atoms with Crippen LogP contribution in [0.1, 0.15) is 54.9 Å². The molecule has 9 heteroatoms. The summed E-state index contributed by atoms with van der Waals surface area (Å²) in [5.74, 6) is -2.92. The standard InChI is InChI=1S/C6H14O3.3C4H8O2/c1-2-6(3-7,4-8)5-9;3*1-3(2)4(5)6/h7-9H,2-5H2,1H3;3*3H,1-2H3,(H,5,6). The number of hydrogen-bond acceptors (Lipinski definition) is 6. The second-order valence-electron chi connectivity index (χ2n) is 6.81. The molecule has 0 aromatic heterocycles. The molecule has 0 saturated heterocycles. The summed E-state index contributed by atoms with van der Waals surface area (Å²) in [6, 6.07) is 0. The first-order chi connectivity index (χ1) is 12.2. The summed E-state index contributed by atoms with van der Waals surface area (Å²) in [5, 5.41) is 49.9. The molecule has 0 amide bonds. The Balaban J connectivity index is -0.000000133. The third-order valence-electron chi connectivity index (χ3n) is 3.24. The minimum atomic E-state index is -0.741. The van der Waals surface area contributed by atoms with Gasteiger partial charge in [-0.3, -0.25) is 14.4 Å². The molecule has 6 N–H and O–H groups in total. The summed E-state index contributed by atoms with van der Waals surface area (Å²) in [6.45, 7) is 11.2. The molecule has 0 radical (unpaired) electrons. The topological polar surface area (TPSA) is 173 Å². The average Bonchev–Trinajstić information content (AvgIpc) is 2.58. The van der Waals surface area contributed by atoms with Gasteiger partial charge in [0.2, 0.25) is 0 Å². The number of aliphatic carboxylic acids is 3. The highest BCUT2D eigenvalue weighted by atomic mass is 16.4. The molecule has 27 heavy (non-hydrogen) atoms. The smallest absolute Gasteiger partial charge is 0.305 e. The summed E-state index contributed by atoms with van der Waals surface area (Å²) in [4.78, 5) is 29.1. The molecule has 164 valence electrons. The highest BCUT2D eigenvalue weighted by Crippen LogP contribution is 2.18. The number of rotatable bonds is 7. The van der Waals surface area contributed by atoms with Crippen LogP contribution in [0.4, 0.5) is 0 Å². The molecule has 0 atom stereocenters. The Labute approximate surface area is 161 Å². The number of carboxylic acid groups (broad SMARTS) is 3. The van der Waals surface area contributed by atoms with Gasteiger partial charge in [0.1, 0.15) is 0 Å². The maximum Gasteiger partial charge on any atom is 0.305 e. The first-order valence-corrected chi connectivity index (χ1v) is 8.68. The molecule has 0 aromatic rings. The Morgan fingerprint density at radius 2 is 0.778 bits per heavy atom. The molecule has 0 heterocycles. The minimum Gasteiger partial charge on any atom is -0.481 e. The fourth-order valence-corrected chi connectivity index (χ4v) is 0.485. The predicted molar refractivity (Wildman–Crippen MR) is 101 cm³/mol. The fraction of sp³-hybridized carbons (Fsp3) is 0.833. The van der Waals surface area contributed by atoms with Gasteiger partial charge in [-0.15, -0.1) is 0 Å². The Morgan fingerprint density at radius 3 is 0.778 bits per heavy atom. The van der Waals surface area contributed by atoms with Gasteiger partial charge in [-0.25, -0.2) is 0 Å². The van der Waals surface area contributed by atoms with Gasteiger partial charge in [-0.2, -0.15) is 0 Å². The van der Waals surface area contributed by atoms with Gasteiger partial charge in [-0.05, 0) is 6.42 Å². The highest BCUT2D eigenvalue weighted by Gasteiger charge is 2.24. The molecular weight excluding hydrogens is 360 g/mol. The zero-order chi connectivity index (χ0) is 22.8. The van der Waals surface area contributed by atoms with E-state index >= 15 is 0 Å². The van der Waals surface area contributed by atoms with E-state index in [-0.39, 0.29) is 37.6 Å². The molecule has 0 unspecified atom stereocenters. The number of aliphatic hydroxyl groups excluding tert-OH is 3. The number of hydrogen-bond donors (Lipinski definition) is 6. The van der Waals surface area contributed by atoms with Crippen molar-refractivity contribution < 1.29 is 45.0 Å². The largest absolute Gasteiger partial charge is 0.481 e. The van der Waals surface area contributed by atoms with Crippen molar-refractivity contribution in [2.75, 3.05) is 19.8 Å². The average molecular weight is 398 g/mol. The normalized spacial score (nSPS) is 10.1. The molecule has 0 fully saturated rings. The summed E-state index contributed by atoms with van der Waals surface area (Å²) in [5.41, 5.74) is -0.667. The van der Waals surface area contributed by atoms with Gasteiger partial charge < -0.3 is 30.6 Å². The van der Waals surface area contributed by atoms with Crippen LogP contribution in [0.5, 0.6) is 0 Å². The van der Waals surface area contributed by atoms with Gasteiger partial charge in [0.05, 0.1) is 37.6 Å². The second-order valence-corrected chi connectivity index (χ2v) is 6.81. The third kappa shape index (κ3) is 24.3. The van der Waals surface area contributed by atoms with Gasteiger partial charge in [0.25, 0.3) is 0 Å². The van der Waals surface area contributed by atoms with Crippen LogP contribution in [0.15, 0.2) is 0 Å². The van der Waals surface area contributed by atoms with Crippen molar-refractivity contribution in [3.05, 3.63) is 0 Å². The van der Waals surface area contributed by atoms with E-state index in [0.717, 1.165) is 0 Å². The molecule has 0 aliphatic rings. The van der Waals surface area contributed by atoms with E-state index in [9.17, 15) is 14.4 Å². The van der Waals surface area contributed by atoms with Gasteiger partial charge in [0, 0.05) is 5.41 Å². The Bertz CT molecular complexity index is 326. The van der Waals surface area contributed by atoms with Crippen molar-refractivity contribution in [3.63, 3.8) is 0 Å². The van der Waals surface area contributed by atoms with E-state index in [1.807, 2.05) is 6.92 Å². The third-order valence-corrected chi connectivity index (χ3v) is 3.24. The molecule has 0 aliphatic carbocycles. The molecule has 0 rings (SSSR count). The van der Waals surface area contributed by atoms with Crippen molar-refractivity contribution in [2.45, 2.75) is 54.9 Å². The zero-order valence-corrected chi connectivity index (χ0v) is 17.5. The number of carboxylic acids is 3. The molecule has 0 aromatic carbocycles. The number of carbonyl (C=O) groups is 3. The lowest BCUT2D eigenvalue weighted by molar-refractivity contribution is -0.141. The summed E-state index contributed by atoms with van der Waals surface area (Å²) in [7, 11) is 0. The van der Waals surface area contributed by atoms with Crippen LogP contribution in [0, 0.1) is 23.2 Å². The van der Waals surface area contributed by atoms with Crippen molar-refractivity contribution in [1.29, 1.82) is 0 Å². The fourth-order valence-electron chi connectivity index (χ4n) is 0.485. The van der Waals surface area contributed by atoms with Gasteiger partial charge >= 0.3 is 17.9 Å². The van der Waals surface area contributed by atoms with Crippen molar-refractivity contribution in [3.8, 4) is 0 Å². The van der Waals surface area contributed by atoms with E-state index in [2.05, 4.69) is 0 Å². The monoisotopic (exact) mass is 398 g/mol. The lowest BCUT2D eigenvalue weighted by Crippen LogP contribution is -2.32. The molecule has 0 bridgehead atoms. The Kier molecular flexibility index (Phi) is 23.2. The maximum absolute atomic E-state index is 9.70. The van der Waals surface area contributed by atoms with Crippen LogP contribution < -0.4 is 0 Å². The summed E-state index contributed by atoms with van der Waals surface area (Å²) < 4.78 is 0. The molecule has 0 saturated carbocycles. The second kappa shape index (κ2) is 19.1. The van der Waals surface area contributed by atoms with Crippen LogP contribution in [-0.2, 0) is 14.4 Å². The van der Waals surface area contributed by atoms with Crippen LogP contribution in [0.2, 0.25) is 0 Å². The van der Waals surface area contributed by atoms with Crippen molar-refractivity contribution in [2.24, 2.45) is 23.2 Å². The van der Waals surface area contributed by atoms with E-state index in [0.29, 0.717) is 6.42 Å². The molecule has 0 spiro atoms. The number of aliphatic hydroxyl groups is 3. The lowest BCUT2D eigenvalue weighted by atomic mass is 9.88. The van der Waals surface area contributed by atoms with Crippen molar-refractivity contribution in [1.82, 2.24) is 0 Å². The van der Waals surface area contributed by atoms with E-state index < -0.39 is 23.3 Å². The molecule has 9 nitrogen and oxygen atoms in total. The zero-order valence-electron chi connectivity index (χ0n) is 17.5. The van der Waals surface area contributed by atoms with E-state index in [1.54, 1.807) is 41.5 Å². The van der Waals surface area contributed by atoms with Crippen LogP contribution in [0.3, 0.4) is 0 Å². The maximum atomic E-state index is 9.70. The van der Waals surface area contributed by atoms with Crippen LogP contribution in [0.25, 0.3) is 0 Å². The minimum absolute atomic E-state index is 0.156. The van der Waals surface area contributed by atoms with E-state index in [4.69, 9.17) is 30.6 Å².